The molecule has 122 valence electrons. The van der Waals surface area contributed by atoms with Gasteiger partial charge in [0, 0.05) is 10.6 Å². The summed E-state index contributed by atoms with van der Waals surface area (Å²) in [5.74, 6) is 0.293. The Hall–Kier alpha value is -2.60. The molecule has 5 nitrogen and oxygen atoms in total. The molecule has 0 aliphatic carbocycles. The zero-order valence-electron chi connectivity index (χ0n) is 12.7. The number of anilines is 2. The Balaban J connectivity index is 1.83. The van der Waals surface area contributed by atoms with Crippen molar-refractivity contribution < 1.29 is 4.39 Å². The van der Waals surface area contributed by atoms with Crippen LogP contribution in [0.15, 0.2) is 48.5 Å². The minimum atomic E-state index is -0.384. The number of nitrogens with two attached hydrogens (primary N) is 1. The van der Waals surface area contributed by atoms with E-state index in [1.54, 1.807) is 16.8 Å². The minimum absolute atomic E-state index is 0.0389. The third-order valence-electron chi connectivity index (χ3n) is 4.24. The van der Waals surface area contributed by atoms with E-state index >= 15 is 0 Å². The molecule has 0 amide bonds. The van der Waals surface area contributed by atoms with Crippen LogP contribution >= 0.6 is 11.6 Å². The molecule has 1 aromatic heterocycles. The molecular formula is C17H15ClFN5. The summed E-state index contributed by atoms with van der Waals surface area (Å²) in [7, 11) is 0. The highest BCUT2D eigenvalue weighted by Crippen LogP contribution is 2.40. The minimum Gasteiger partial charge on any atom is -0.366 e. The van der Waals surface area contributed by atoms with Crippen molar-refractivity contribution in [2.24, 2.45) is 0 Å². The van der Waals surface area contributed by atoms with Gasteiger partial charge in [-0.15, -0.1) is 5.10 Å². The third-order valence-corrected chi connectivity index (χ3v) is 4.57. The Morgan fingerprint density at radius 3 is 2.71 bits per heavy atom. The van der Waals surface area contributed by atoms with Gasteiger partial charge in [-0.1, -0.05) is 48.0 Å². The summed E-state index contributed by atoms with van der Waals surface area (Å²) in [4.78, 5) is 4.22. The molecule has 2 aromatic carbocycles. The molecule has 3 N–H and O–H groups in total. The van der Waals surface area contributed by atoms with Gasteiger partial charge in [0.05, 0.1) is 12.1 Å². The first-order chi connectivity index (χ1) is 11.6. The first-order valence-corrected chi connectivity index (χ1v) is 7.98. The number of nitrogens with zero attached hydrogens (tertiary/aromatic N) is 3. The highest BCUT2D eigenvalue weighted by Gasteiger charge is 2.33. The molecule has 0 bridgehead atoms. The van der Waals surface area contributed by atoms with E-state index in [0.717, 1.165) is 5.56 Å². The predicted octanol–water partition coefficient (Wildman–Crippen LogP) is 3.80. The van der Waals surface area contributed by atoms with Crippen LogP contribution in [0.25, 0.3) is 0 Å². The highest BCUT2D eigenvalue weighted by atomic mass is 35.5. The van der Waals surface area contributed by atoms with Crippen LogP contribution in [0.2, 0.25) is 5.02 Å². The lowest BCUT2D eigenvalue weighted by molar-refractivity contribution is 0.416. The predicted molar refractivity (Wildman–Crippen MR) is 91.4 cm³/mol. The zero-order chi connectivity index (χ0) is 16.7. The fourth-order valence-electron chi connectivity index (χ4n) is 3.17. The van der Waals surface area contributed by atoms with E-state index in [0.29, 0.717) is 23.0 Å². The van der Waals surface area contributed by atoms with Crippen molar-refractivity contribution in [3.63, 3.8) is 0 Å². The number of fused-ring (bicyclic) bond motifs is 1. The molecule has 4 rings (SSSR count). The lowest BCUT2D eigenvalue weighted by atomic mass is 9.93. The molecule has 0 unspecified atom stereocenters. The maximum Gasteiger partial charge on any atom is 0.241 e. The molecule has 0 radical (unpaired) electrons. The van der Waals surface area contributed by atoms with Gasteiger partial charge >= 0.3 is 0 Å². The summed E-state index contributed by atoms with van der Waals surface area (Å²) in [6.07, 6.45) is 0.584. The topological polar surface area (TPSA) is 68.8 Å². The Morgan fingerprint density at radius 1 is 1.17 bits per heavy atom. The van der Waals surface area contributed by atoms with E-state index in [1.807, 2.05) is 30.3 Å². The number of nitrogen functional groups attached to an aromatic ring is 1. The summed E-state index contributed by atoms with van der Waals surface area (Å²) in [6, 6.07) is 14.2. The second kappa shape index (κ2) is 5.79. The maximum absolute atomic E-state index is 14.5. The zero-order valence-corrected chi connectivity index (χ0v) is 13.4. The molecule has 0 saturated carbocycles. The van der Waals surface area contributed by atoms with Crippen LogP contribution in [0.1, 0.15) is 29.6 Å². The van der Waals surface area contributed by atoms with Gasteiger partial charge in [-0.05, 0) is 24.1 Å². The van der Waals surface area contributed by atoms with Crippen LogP contribution in [0, 0.1) is 5.82 Å². The average Bonchev–Trinajstić information content (AvgIpc) is 2.95. The summed E-state index contributed by atoms with van der Waals surface area (Å²) in [6.45, 7) is 0. The van der Waals surface area contributed by atoms with Crippen LogP contribution in [0.4, 0.5) is 16.3 Å². The lowest BCUT2D eigenvalue weighted by Gasteiger charge is -2.32. The van der Waals surface area contributed by atoms with Gasteiger partial charge in [-0.3, -0.25) is 0 Å². The van der Waals surface area contributed by atoms with E-state index in [-0.39, 0.29) is 23.8 Å². The van der Waals surface area contributed by atoms with Gasteiger partial charge in [0.1, 0.15) is 5.82 Å². The smallest absolute Gasteiger partial charge is 0.241 e. The van der Waals surface area contributed by atoms with Gasteiger partial charge in [0.25, 0.3) is 0 Å². The number of hydrogen-bond donors (Lipinski definition) is 2. The number of hydrogen-bond acceptors (Lipinski definition) is 4. The van der Waals surface area contributed by atoms with Crippen molar-refractivity contribution in [2.75, 3.05) is 11.1 Å². The molecule has 0 spiro atoms. The fraction of sp³-hybridized carbons (Fsp3) is 0.176. The number of rotatable bonds is 2. The lowest BCUT2D eigenvalue weighted by Crippen LogP contribution is -2.28. The standard InChI is InChI=1S/C17H15ClFN5/c18-11-7-4-8-12(19)15(11)14-9-13(10-5-2-1-3-6-10)21-17-22-16(20)23-24(14)17/h1-8,13-14H,9H2,(H3,20,21,22,23)/t13-,14+/m0/s1. The summed E-state index contributed by atoms with van der Waals surface area (Å²) >= 11 is 6.28. The molecule has 1 aliphatic heterocycles. The monoisotopic (exact) mass is 343 g/mol. The van der Waals surface area contributed by atoms with E-state index in [1.165, 1.54) is 6.07 Å². The van der Waals surface area contributed by atoms with Crippen LogP contribution in [-0.2, 0) is 0 Å². The molecule has 0 fully saturated rings. The van der Waals surface area contributed by atoms with Crippen molar-refractivity contribution in [3.8, 4) is 0 Å². The van der Waals surface area contributed by atoms with Crippen LogP contribution < -0.4 is 11.1 Å². The summed E-state index contributed by atoms with van der Waals surface area (Å²) < 4.78 is 16.1. The van der Waals surface area contributed by atoms with Crippen molar-refractivity contribution in [3.05, 3.63) is 70.5 Å². The van der Waals surface area contributed by atoms with Gasteiger partial charge in [-0.25, -0.2) is 9.07 Å². The number of halogens is 2. The van der Waals surface area contributed by atoms with E-state index in [9.17, 15) is 4.39 Å². The Morgan fingerprint density at radius 2 is 1.96 bits per heavy atom. The Bertz CT molecular complexity index is 860. The second-order valence-electron chi connectivity index (χ2n) is 5.73. The normalized spacial score (nSPS) is 19.6. The largest absolute Gasteiger partial charge is 0.366 e. The van der Waals surface area contributed by atoms with Gasteiger partial charge in [0.2, 0.25) is 11.9 Å². The van der Waals surface area contributed by atoms with Crippen molar-refractivity contribution >= 4 is 23.5 Å². The molecule has 1 aliphatic rings. The first-order valence-electron chi connectivity index (χ1n) is 7.61. The van der Waals surface area contributed by atoms with Crippen LogP contribution in [0.3, 0.4) is 0 Å². The fourth-order valence-corrected chi connectivity index (χ4v) is 3.46. The van der Waals surface area contributed by atoms with Crippen LogP contribution in [-0.4, -0.2) is 14.8 Å². The second-order valence-corrected chi connectivity index (χ2v) is 6.14. The molecule has 2 atom stereocenters. The molecule has 2 heterocycles. The quantitative estimate of drug-likeness (QED) is 0.742. The molecule has 7 heteroatoms. The van der Waals surface area contributed by atoms with Gasteiger partial charge < -0.3 is 11.1 Å². The molecule has 0 saturated heterocycles. The Kier molecular flexibility index (Phi) is 3.61. The van der Waals surface area contributed by atoms with Gasteiger partial charge in [-0.2, -0.15) is 4.98 Å². The molecule has 3 aromatic rings. The summed E-state index contributed by atoms with van der Waals surface area (Å²) in [5, 5.41) is 7.90. The third kappa shape index (κ3) is 2.49. The number of nitrogens with one attached hydrogen (secondary N) is 1. The van der Waals surface area contributed by atoms with Crippen LogP contribution in [0.5, 0.6) is 0 Å². The molecular weight excluding hydrogens is 329 g/mol. The highest BCUT2D eigenvalue weighted by molar-refractivity contribution is 6.31. The van der Waals surface area contributed by atoms with Gasteiger partial charge in [0.15, 0.2) is 0 Å². The first kappa shape index (κ1) is 15.0. The van der Waals surface area contributed by atoms with E-state index in [2.05, 4.69) is 15.4 Å². The SMILES string of the molecule is Nc1nc2n(n1)[C@@H](c1c(F)cccc1Cl)C[C@@H](c1ccccc1)N2. The van der Waals surface area contributed by atoms with Crippen molar-refractivity contribution in [1.82, 2.24) is 14.8 Å². The summed E-state index contributed by atoms with van der Waals surface area (Å²) in [5.41, 5.74) is 7.24. The van der Waals surface area contributed by atoms with Crippen molar-refractivity contribution in [2.45, 2.75) is 18.5 Å². The molecule has 24 heavy (non-hydrogen) atoms. The van der Waals surface area contributed by atoms with E-state index in [4.69, 9.17) is 17.3 Å². The van der Waals surface area contributed by atoms with Crippen molar-refractivity contribution in [1.29, 1.82) is 0 Å². The number of aromatic nitrogens is 3. The Labute approximate surface area is 143 Å². The maximum atomic E-state index is 14.5. The number of benzene rings is 2. The average molecular weight is 344 g/mol. The van der Waals surface area contributed by atoms with E-state index < -0.39 is 0 Å².